The van der Waals surface area contributed by atoms with E-state index < -0.39 is 17.3 Å². The van der Waals surface area contributed by atoms with Gasteiger partial charge in [0.05, 0.1) is 15.3 Å². The van der Waals surface area contributed by atoms with Crippen LogP contribution in [0.1, 0.15) is 18.1 Å². The highest BCUT2D eigenvalue weighted by atomic mass is 79.9. The first-order chi connectivity index (χ1) is 11.5. The van der Waals surface area contributed by atoms with Gasteiger partial charge in [-0.1, -0.05) is 36.6 Å². The summed E-state index contributed by atoms with van der Waals surface area (Å²) in [5, 5.41) is 10.4. The van der Waals surface area contributed by atoms with E-state index in [0.29, 0.717) is 27.0 Å². The molecule has 0 amide bonds. The first-order valence-corrected chi connectivity index (χ1v) is 8.62. The first kappa shape index (κ1) is 18.4. The Balaban J connectivity index is 2.02. The van der Waals surface area contributed by atoms with Gasteiger partial charge >= 0.3 is 6.18 Å². The Kier molecular flexibility index (Phi) is 4.51. The highest BCUT2D eigenvalue weighted by Crippen LogP contribution is 2.40. The molecular weight excluding hydrogens is 437 g/mol. The van der Waals surface area contributed by atoms with Crippen molar-refractivity contribution in [3.8, 4) is 0 Å². The number of hydrogen-bond acceptors (Lipinski definition) is 4. The molecule has 25 heavy (non-hydrogen) atoms. The van der Waals surface area contributed by atoms with Crippen LogP contribution in [0.2, 0.25) is 0 Å². The standard InChI is InChI=1S/C17H10BrF3O2S2/c1-16(22)14(24)11-7-23-12(6-10(11)13(18)15(16)25)8-2-4-9(5-3-8)17(19,20)21/h2-7,22H,1H3. The number of alkyl halides is 3. The zero-order valence-corrected chi connectivity index (χ0v) is 15.9. The smallest absolute Gasteiger partial charge is 0.416 e. The van der Waals surface area contributed by atoms with E-state index in [9.17, 15) is 18.3 Å². The minimum Gasteiger partial charge on any atom is -0.464 e. The van der Waals surface area contributed by atoms with Gasteiger partial charge in [0.2, 0.25) is 0 Å². The van der Waals surface area contributed by atoms with Crippen molar-refractivity contribution in [2.24, 2.45) is 0 Å². The molecule has 0 saturated carbocycles. The van der Waals surface area contributed by atoms with Crippen molar-refractivity contribution in [2.75, 3.05) is 0 Å². The van der Waals surface area contributed by atoms with Crippen LogP contribution in [-0.4, -0.2) is 20.4 Å². The molecule has 1 aromatic rings. The average Bonchev–Trinajstić information content (AvgIpc) is 2.57. The number of thiocarbonyl (C=S) groups is 2. The maximum absolute atomic E-state index is 12.7. The highest BCUT2D eigenvalue weighted by molar-refractivity contribution is 9.12. The van der Waals surface area contributed by atoms with Crippen LogP contribution in [0.25, 0.3) is 5.76 Å². The van der Waals surface area contributed by atoms with Gasteiger partial charge < -0.3 is 9.84 Å². The molecule has 2 aliphatic rings. The van der Waals surface area contributed by atoms with E-state index >= 15 is 0 Å². The summed E-state index contributed by atoms with van der Waals surface area (Å²) >= 11 is 13.9. The monoisotopic (exact) mass is 446 g/mol. The third kappa shape index (κ3) is 3.12. The van der Waals surface area contributed by atoms with Crippen LogP contribution in [-0.2, 0) is 10.9 Å². The van der Waals surface area contributed by atoms with E-state index in [1.807, 2.05) is 0 Å². The molecule has 0 fully saturated rings. The zero-order valence-electron chi connectivity index (χ0n) is 12.6. The Bertz CT molecular complexity index is 878. The van der Waals surface area contributed by atoms with Gasteiger partial charge in [-0.2, -0.15) is 13.2 Å². The number of hydrogen-bond donors (Lipinski definition) is 1. The summed E-state index contributed by atoms with van der Waals surface area (Å²) in [4.78, 5) is 0.480. The zero-order chi connectivity index (χ0) is 18.6. The maximum Gasteiger partial charge on any atom is 0.416 e. The number of halogens is 4. The Morgan fingerprint density at radius 1 is 1.12 bits per heavy atom. The Hall–Kier alpha value is -1.35. The van der Waals surface area contributed by atoms with Crippen molar-refractivity contribution in [3.63, 3.8) is 0 Å². The molecule has 0 radical (unpaired) electrons. The molecule has 1 heterocycles. The van der Waals surface area contributed by atoms with E-state index in [4.69, 9.17) is 29.2 Å². The lowest BCUT2D eigenvalue weighted by Crippen LogP contribution is -2.46. The predicted molar refractivity (Wildman–Crippen MR) is 100 cm³/mol. The fourth-order valence-corrected chi connectivity index (χ4v) is 3.71. The lowest BCUT2D eigenvalue weighted by molar-refractivity contribution is -0.137. The molecular formula is C17H10BrF3O2S2. The van der Waals surface area contributed by atoms with Gasteiger partial charge in [0, 0.05) is 21.2 Å². The Labute approximate surface area is 160 Å². The van der Waals surface area contributed by atoms with Crippen molar-refractivity contribution >= 4 is 55.9 Å². The van der Waals surface area contributed by atoms with E-state index in [0.717, 1.165) is 12.1 Å². The van der Waals surface area contributed by atoms with Crippen LogP contribution in [0.3, 0.4) is 0 Å². The fraction of sp³-hybridized carbons (Fsp3) is 0.176. The van der Waals surface area contributed by atoms with Crippen molar-refractivity contribution in [1.29, 1.82) is 0 Å². The van der Waals surface area contributed by atoms with Gasteiger partial charge in [-0.25, -0.2) is 0 Å². The van der Waals surface area contributed by atoms with Crippen LogP contribution in [0.4, 0.5) is 13.2 Å². The molecule has 0 bridgehead atoms. The van der Waals surface area contributed by atoms with Crippen molar-refractivity contribution < 1.29 is 23.0 Å². The Morgan fingerprint density at radius 2 is 1.72 bits per heavy atom. The topological polar surface area (TPSA) is 29.5 Å². The summed E-state index contributed by atoms with van der Waals surface area (Å²) in [6, 6.07) is 4.64. The van der Waals surface area contributed by atoms with E-state index in [1.54, 1.807) is 6.08 Å². The quantitative estimate of drug-likeness (QED) is 0.606. The lowest BCUT2D eigenvalue weighted by atomic mass is 9.82. The summed E-state index contributed by atoms with van der Waals surface area (Å²) in [5.41, 5.74) is -0.577. The van der Waals surface area contributed by atoms with Gasteiger partial charge in [-0.3, -0.25) is 0 Å². The normalized spacial score (nSPS) is 23.8. The van der Waals surface area contributed by atoms with Gasteiger partial charge in [0.15, 0.2) is 0 Å². The minimum absolute atomic E-state index is 0.235. The molecule has 8 heteroatoms. The van der Waals surface area contributed by atoms with Gasteiger partial charge in [0.25, 0.3) is 0 Å². The molecule has 1 aromatic carbocycles. The summed E-state index contributed by atoms with van der Waals surface area (Å²) in [5.74, 6) is 0.358. The van der Waals surface area contributed by atoms with Crippen LogP contribution >= 0.6 is 40.4 Å². The van der Waals surface area contributed by atoms with Gasteiger partial charge in [-0.15, -0.1) is 0 Å². The summed E-state index contributed by atoms with van der Waals surface area (Å²) in [6.45, 7) is 1.51. The summed E-state index contributed by atoms with van der Waals surface area (Å²) in [7, 11) is 0. The number of aliphatic hydroxyl groups is 1. The fourth-order valence-electron chi connectivity index (χ4n) is 2.46. The molecule has 1 aliphatic carbocycles. The summed E-state index contributed by atoms with van der Waals surface area (Å²) < 4.78 is 44.0. The maximum atomic E-state index is 12.7. The van der Waals surface area contributed by atoms with Gasteiger partial charge in [-0.05, 0) is 41.1 Å². The van der Waals surface area contributed by atoms with Crippen LogP contribution in [0.5, 0.6) is 0 Å². The Morgan fingerprint density at radius 3 is 2.28 bits per heavy atom. The third-order valence-electron chi connectivity index (χ3n) is 3.93. The second kappa shape index (κ2) is 6.12. The number of rotatable bonds is 1. The molecule has 1 N–H and O–H groups in total. The molecule has 1 atom stereocenters. The van der Waals surface area contributed by atoms with E-state index in [2.05, 4.69) is 15.9 Å². The number of benzene rings is 1. The van der Waals surface area contributed by atoms with Crippen LogP contribution in [0.15, 0.2) is 52.2 Å². The molecule has 130 valence electrons. The lowest BCUT2D eigenvalue weighted by Gasteiger charge is -2.34. The second-order valence-electron chi connectivity index (χ2n) is 5.69. The first-order valence-electron chi connectivity index (χ1n) is 7.02. The molecule has 0 spiro atoms. The molecule has 1 aliphatic heterocycles. The SMILES string of the molecule is CC1(O)C(=S)C2=COC(c3ccc(C(F)(F)F)cc3)=CC2=C(Br)C1=S. The number of allylic oxidation sites excluding steroid dienone is 2. The van der Waals surface area contributed by atoms with Crippen LogP contribution < -0.4 is 0 Å². The van der Waals surface area contributed by atoms with Crippen molar-refractivity contribution in [2.45, 2.75) is 18.7 Å². The number of ether oxygens (including phenoxy) is 1. The third-order valence-corrected chi connectivity index (χ3v) is 6.24. The molecule has 1 unspecified atom stereocenters. The van der Waals surface area contributed by atoms with Gasteiger partial charge in [0.1, 0.15) is 17.6 Å². The molecule has 2 nitrogen and oxygen atoms in total. The average molecular weight is 447 g/mol. The second-order valence-corrected chi connectivity index (χ2v) is 7.30. The predicted octanol–water partition coefficient (Wildman–Crippen LogP) is 5.11. The highest BCUT2D eigenvalue weighted by Gasteiger charge is 2.42. The van der Waals surface area contributed by atoms with E-state index in [-0.39, 0.29) is 9.73 Å². The van der Waals surface area contributed by atoms with Crippen molar-refractivity contribution in [3.05, 3.63) is 63.4 Å². The van der Waals surface area contributed by atoms with Crippen molar-refractivity contribution in [1.82, 2.24) is 0 Å². The number of fused-ring (bicyclic) bond motifs is 1. The van der Waals surface area contributed by atoms with E-state index in [1.165, 1.54) is 25.3 Å². The summed E-state index contributed by atoms with van der Waals surface area (Å²) in [6.07, 6.45) is -1.38. The molecule has 0 saturated heterocycles. The minimum atomic E-state index is -4.40. The van der Waals surface area contributed by atoms with Crippen LogP contribution in [0, 0.1) is 0 Å². The molecule has 0 aromatic heterocycles. The molecule has 3 rings (SSSR count). The largest absolute Gasteiger partial charge is 0.464 e.